The predicted molar refractivity (Wildman–Crippen MR) is 154 cm³/mol. The molecule has 0 aromatic rings. The van der Waals surface area contributed by atoms with Crippen molar-refractivity contribution < 1.29 is 0 Å². The fourth-order valence-electron chi connectivity index (χ4n) is 5.30. The van der Waals surface area contributed by atoms with E-state index in [0.717, 1.165) is 5.92 Å². The second-order valence-electron chi connectivity index (χ2n) is 10.7. The maximum Gasteiger partial charge on any atom is 0.0182 e. The Morgan fingerprint density at radius 1 is 0.438 bits per heavy atom. The van der Waals surface area contributed by atoms with E-state index in [-0.39, 0.29) is 22.5 Å². The second kappa shape index (κ2) is 26.1. The molecular weight excluding hydrogens is 454 g/mol. The molecule has 2 N–H and O–H groups in total. The lowest BCUT2D eigenvalue weighted by Gasteiger charge is -2.39. The van der Waals surface area contributed by atoms with Crippen LogP contribution in [0.5, 0.6) is 0 Å². The van der Waals surface area contributed by atoms with E-state index in [1.54, 1.807) is 0 Å². The van der Waals surface area contributed by atoms with Crippen molar-refractivity contribution in [1.82, 2.24) is 0 Å². The molecule has 0 fully saturated rings. The van der Waals surface area contributed by atoms with E-state index >= 15 is 0 Å². The van der Waals surface area contributed by atoms with Crippen molar-refractivity contribution in [3.63, 3.8) is 0 Å². The van der Waals surface area contributed by atoms with Crippen LogP contribution in [0.2, 0.25) is 0 Å². The van der Waals surface area contributed by atoms with Gasteiger partial charge >= 0.3 is 0 Å². The summed E-state index contributed by atoms with van der Waals surface area (Å²) < 4.78 is 0. The third kappa shape index (κ3) is 19.9. The summed E-state index contributed by atoms with van der Waals surface area (Å²) in [7, 11) is 0. The summed E-state index contributed by atoms with van der Waals surface area (Å²) in [6, 6.07) is 0. The summed E-state index contributed by atoms with van der Waals surface area (Å²) in [4.78, 5) is 0. The van der Waals surface area contributed by atoms with E-state index in [1.165, 1.54) is 154 Å². The minimum atomic E-state index is 0. The van der Waals surface area contributed by atoms with Gasteiger partial charge in [0.15, 0.2) is 0 Å². The van der Waals surface area contributed by atoms with Crippen LogP contribution in [0.15, 0.2) is 0 Å². The minimum absolute atomic E-state index is 0. The molecule has 0 rings (SSSR count). The maximum atomic E-state index is 7.11. The Hall–Kier alpha value is 0.440. The Morgan fingerprint density at radius 2 is 0.750 bits per heavy atom. The second-order valence-corrected chi connectivity index (χ2v) is 10.7. The van der Waals surface area contributed by atoms with Crippen molar-refractivity contribution in [2.75, 3.05) is 0 Å². The van der Waals surface area contributed by atoms with Gasteiger partial charge in [0.2, 0.25) is 0 Å². The number of hydrogen-bond donors (Lipinski definition) is 1. The largest absolute Gasteiger partial charge is 0.325 e. The van der Waals surface area contributed by atoms with E-state index in [0.29, 0.717) is 0 Å². The van der Waals surface area contributed by atoms with E-state index in [1.807, 2.05) is 0 Å². The molecule has 1 nitrogen and oxygen atoms in total. The quantitative estimate of drug-likeness (QED) is 0.119. The highest BCUT2D eigenvalue weighted by Gasteiger charge is 2.32. The molecular formula is C30H64BrN. The van der Waals surface area contributed by atoms with Crippen LogP contribution >= 0.6 is 17.0 Å². The lowest BCUT2D eigenvalue weighted by atomic mass is 9.72. The summed E-state index contributed by atoms with van der Waals surface area (Å²) >= 11 is 0. The first-order valence-corrected chi connectivity index (χ1v) is 14.9. The Balaban J connectivity index is 0. The van der Waals surface area contributed by atoms with Crippen LogP contribution < -0.4 is 5.73 Å². The third-order valence-electron chi connectivity index (χ3n) is 7.62. The molecule has 0 saturated carbocycles. The average Bonchev–Trinajstić information content (AvgIpc) is 2.78. The fraction of sp³-hybridized carbons (Fsp3) is 1.00. The van der Waals surface area contributed by atoms with Gasteiger partial charge in [-0.15, -0.1) is 17.0 Å². The molecule has 1 unspecified atom stereocenters. The Labute approximate surface area is 215 Å². The lowest BCUT2D eigenvalue weighted by molar-refractivity contribution is 0.193. The van der Waals surface area contributed by atoms with Gasteiger partial charge in [0.25, 0.3) is 0 Å². The molecule has 0 aliphatic carbocycles. The predicted octanol–water partition coefficient (Wildman–Crippen LogP) is 11.3. The van der Waals surface area contributed by atoms with Gasteiger partial charge in [-0.1, -0.05) is 156 Å². The van der Waals surface area contributed by atoms with Gasteiger partial charge in [-0.2, -0.15) is 0 Å². The van der Waals surface area contributed by atoms with Gasteiger partial charge in [-0.3, -0.25) is 0 Å². The van der Waals surface area contributed by atoms with Gasteiger partial charge in [0.1, 0.15) is 0 Å². The molecule has 1 atom stereocenters. The van der Waals surface area contributed by atoms with E-state index in [9.17, 15) is 0 Å². The topological polar surface area (TPSA) is 26.0 Å². The number of unbranched alkanes of at least 4 members (excludes halogenated alkanes) is 16. The van der Waals surface area contributed by atoms with Crippen molar-refractivity contribution in [1.29, 1.82) is 0 Å². The van der Waals surface area contributed by atoms with Crippen molar-refractivity contribution in [3.05, 3.63) is 0 Å². The highest BCUT2D eigenvalue weighted by Crippen LogP contribution is 2.34. The maximum absolute atomic E-state index is 7.11. The monoisotopic (exact) mass is 517 g/mol. The zero-order valence-corrected chi connectivity index (χ0v) is 24.7. The van der Waals surface area contributed by atoms with Crippen LogP contribution in [0.4, 0.5) is 0 Å². The first kappa shape index (κ1) is 34.6. The van der Waals surface area contributed by atoms with Crippen molar-refractivity contribution in [3.8, 4) is 0 Å². The zero-order valence-electron chi connectivity index (χ0n) is 23.0. The summed E-state index contributed by atoms with van der Waals surface area (Å²) in [6.07, 6.45) is 33.3. The summed E-state index contributed by atoms with van der Waals surface area (Å²) in [5.74, 6) is 0.753. The highest BCUT2D eigenvalue weighted by atomic mass is 79.9. The summed E-state index contributed by atoms with van der Waals surface area (Å²) in [5.41, 5.74) is 7.22. The smallest absolute Gasteiger partial charge is 0.0182 e. The molecule has 0 aromatic heterocycles. The van der Waals surface area contributed by atoms with Crippen LogP contribution in [0, 0.1) is 5.92 Å². The number of rotatable bonds is 25. The standard InChI is InChI=1S/C30H63N.BrH/c1-5-9-13-14-15-16-17-18-19-20-21-22-23-24-26-29(25-10-6-2)30(31,27-11-7-3)28-12-8-4;/h29H,5-28,31H2,1-4H3;1H. The van der Waals surface area contributed by atoms with Crippen LogP contribution in [-0.4, -0.2) is 5.54 Å². The lowest BCUT2D eigenvalue weighted by Crippen LogP contribution is -2.47. The van der Waals surface area contributed by atoms with Gasteiger partial charge in [0.05, 0.1) is 0 Å². The molecule has 32 heavy (non-hydrogen) atoms. The van der Waals surface area contributed by atoms with Crippen LogP contribution in [0.1, 0.15) is 182 Å². The molecule has 0 spiro atoms. The van der Waals surface area contributed by atoms with Crippen molar-refractivity contribution in [2.45, 2.75) is 187 Å². The zero-order chi connectivity index (χ0) is 23.0. The Morgan fingerprint density at radius 3 is 1.12 bits per heavy atom. The van der Waals surface area contributed by atoms with Gasteiger partial charge in [-0.25, -0.2) is 0 Å². The Kier molecular flexibility index (Phi) is 28.2. The molecule has 0 aromatic carbocycles. The summed E-state index contributed by atoms with van der Waals surface area (Å²) in [6.45, 7) is 9.26. The van der Waals surface area contributed by atoms with E-state index in [4.69, 9.17) is 5.73 Å². The molecule has 0 bridgehead atoms. The number of nitrogens with two attached hydrogens (primary N) is 1. The molecule has 0 saturated heterocycles. The van der Waals surface area contributed by atoms with Crippen LogP contribution in [-0.2, 0) is 0 Å². The normalized spacial score (nSPS) is 12.7. The SMILES string of the molecule is Br.CCCCCCCCCCCCCCCCC(CCCC)C(N)(CCCC)CCCC. The van der Waals surface area contributed by atoms with Crippen molar-refractivity contribution in [2.24, 2.45) is 11.7 Å². The van der Waals surface area contributed by atoms with E-state index < -0.39 is 0 Å². The molecule has 0 aliphatic rings. The molecule has 0 aliphatic heterocycles. The first-order chi connectivity index (χ1) is 15.1. The first-order valence-electron chi connectivity index (χ1n) is 14.9. The Bertz CT molecular complexity index is 336. The molecule has 0 heterocycles. The molecule has 196 valence electrons. The fourth-order valence-corrected chi connectivity index (χ4v) is 5.30. The number of hydrogen-bond acceptors (Lipinski definition) is 1. The molecule has 0 radical (unpaired) electrons. The van der Waals surface area contributed by atoms with Gasteiger partial charge in [0, 0.05) is 5.54 Å². The van der Waals surface area contributed by atoms with Gasteiger partial charge < -0.3 is 5.73 Å². The van der Waals surface area contributed by atoms with Crippen molar-refractivity contribution >= 4 is 17.0 Å². The molecule has 2 heteroatoms. The summed E-state index contributed by atoms with van der Waals surface area (Å²) in [5, 5.41) is 0. The minimum Gasteiger partial charge on any atom is -0.325 e. The number of halogens is 1. The van der Waals surface area contributed by atoms with Gasteiger partial charge in [-0.05, 0) is 31.6 Å². The van der Waals surface area contributed by atoms with Crippen LogP contribution in [0.25, 0.3) is 0 Å². The third-order valence-corrected chi connectivity index (χ3v) is 7.62. The average molecular weight is 519 g/mol. The molecule has 0 amide bonds. The highest BCUT2D eigenvalue weighted by molar-refractivity contribution is 8.93. The van der Waals surface area contributed by atoms with E-state index in [2.05, 4.69) is 27.7 Å². The van der Waals surface area contributed by atoms with Crippen LogP contribution in [0.3, 0.4) is 0 Å².